The van der Waals surface area contributed by atoms with Crippen molar-refractivity contribution in [2.75, 3.05) is 11.9 Å². The molecule has 144 valence electrons. The van der Waals surface area contributed by atoms with Crippen molar-refractivity contribution in [3.8, 4) is 5.75 Å². The number of hydrogen-bond donors (Lipinski definition) is 2. The number of aromatic nitrogens is 2. The molecule has 0 saturated carbocycles. The van der Waals surface area contributed by atoms with E-state index in [1.807, 2.05) is 20.8 Å². The maximum Gasteiger partial charge on any atom is 0.422 e. The minimum atomic E-state index is -4.37. The van der Waals surface area contributed by atoms with Crippen LogP contribution < -0.4 is 15.6 Å². The predicted octanol–water partition coefficient (Wildman–Crippen LogP) is 4.72. The average Bonchev–Trinajstić information content (AvgIpc) is 2.88. The van der Waals surface area contributed by atoms with Crippen molar-refractivity contribution in [1.82, 2.24) is 9.97 Å². The minimum absolute atomic E-state index is 0.128. The van der Waals surface area contributed by atoms with Gasteiger partial charge in [-0.25, -0.2) is 4.98 Å². The molecular weight excluding hydrogens is 379 g/mol. The Morgan fingerprint density at radius 1 is 1.26 bits per heavy atom. The second-order valence-corrected chi connectivity index (χ2v) is 7.41. The summed E-state index contributed by atoms with van der Waals surface area (Å²) in [4.78, 5) is 21.4. The molecule has 0 radical (unpaired) electrons. The number of halogens is 3. The molecule has 9 heteroatoms. The Morgan fingerprint density at radius 3 is 2.56 bits per heavy atom. The Kier molecular flexibility index (Phi) is 5.14. The molecule has 27 heavy (non-hydrogen) atoms. The van der Waals surface area contributed by atoms with Gasteiger partial charge in [0.05, 0.1) is 11.4 Å². The molecule has 0 fully saturated rings. The van der Waals surface area contributed by atoms with Gasteiger partial charge < -0.3 is 15.0 Å². The van der Waals surface area contributed by atoms with Gasteiger partial charge in [-0.3, -0.25) is 4.79 Å². The highest BCUT2D eigenvalue weighted by atomic mass is 32.1. The van der Waals surface area contributed by atoms with Gasteiger partial charge in [-0.05, 0) is 50.6 Å². The molecule has 3 aromatic rings. The summed E-state index contributed by atoms with van der Waals surface area (Å²) in [5.41, 5.74) is 1.43. The molecule has 0 aliphatic heterocycles. The van der Waals surface area contributed by atoms with Gasteiger partial charge >= 0.3 is 6.18 Å². The fraction of sp³-hybridized carbons (Fsp3) is 0.333. The monoisotopic (exact) mass is 397 g/mol. The number of benzene rings is 1. The summed E-state index contributed by atoms with van der Waals surface area (Å²) in [7, 11) is 0. The number of fused-ring (bicyclic) bond motifs is 1. The Labute approximate surface area is 157 Å². The maximum absolute atomic E-state index is 12.4. The lowest BCUT2D eigenvalue weighted by Gasteiger charge is -2.15. The average molecular weight is 397 g/mol. The van der Waals surface area contributed by atoms with Crippen LogP contribution in [0.15, 0.2) is 29.1 Å². The van der Waals surface area contributed by atoms with E-state index in [0.29, 0.717) is 21.7 Å². The van der Waals surface area contributed by atoms with E-state index in [9.17, 15) is 18.0 Å². The molecule has 0 saturated heterocycles. The summed E-state index contributed by atoms with van der Waals surface area (Å²) in [5.74, 6) is 0.620. The fourth-order valence-corrected chi connectivity index (χ4v) is 3.64. The lowest BCUT2D eigenvalue weighted by Crippen LogP contribution is -2.19. The second kappa shape index (κ2) is 7.22. The number of rotatable bonds is 5. The first kappa shape index (κ1) is 19.2. The first-order valence-corrected chi connectivity index (χ1v) is 9.02. The second-order valence-electron chi connectivity index (χ2n) is 6.21. The predicted molar refractivity (Wildman–Crippen MR) is 99.7 cm³/mol. The molecule has 0 spiro atoms. The van der Waals surface area contributed by atoms with Crippen LogP contribution in [0.5, 0.6) is 5.75 Å². The molecule has 5 nitrogen and oxygen atoms in total. The molecule has 1 unspecified atom stereocenters. The van der Waals surface area contributed by atoms with Gasteiger partial charge in [-0.1, -0.05) is 0 Å². The van der Waals surface area contributed by atoms with Crippen molar-refractivity contribution in [3.05, 3.63) is 50.9 Å². The van der Waals surface area contributed by atoms with Crippen molar-refractivity contribution in [3.63, 3.8) is 0 Å². The van der Waals surface area contributed by atoms with Crippen molar-refractivity contribution in [1.29, 1.82) is 0 Å². The third kappa shape index (κ3) is 4.41. The van der Waals surface area contributed by atoms with Crippen LogP contribution >= 0.6 is 11.3 Å². The zero-order chi connectivity index (χ0) is 19.8. The molecule has 3 rings (SSSR count). The molecule has 0 aliphatic carbocycles. The highest BCUT2D eigenvalue weighted by Gasteiger charge is 2.28. The maximum atomic E-state index is 12.4. The van der Waals surface area contributed by atoms with Crippen molar-refractivity contribution >= 4 is 27.2 Å². The lowest BCUT2D eigenvalue weighted by molar-refractivity contribution is -0.153. The van der Waals surface area contributed by atoms with Crippen LogP contribution in [0.1, 0.15) is 29.2 Å². The van der Waals surface area contributed by atoms with Crippen LogP contribution in [0.3, 0.4) is 0 Å². The van der Waals surface area contributed by atoms with Crippen LogP contribution in [-0.2, 0) is 0 Å². The Morgan fingerprint density at radius 2 is 1.93 bits per heavy atom. The summed E-state index contributed by atoms with van der Waals surface area (Å²) in [6, 6.07) is 5.82. The summed E-state index contributed by atoms with van der Waals surface area (Å²) >= 11 is 1.47. The van der Waals surface area contributed by atoms with Crippen molar-refractivity contribution in [2.45, 2.75) is 33.0 Å². The van der Waals surface area contributed by atoms with E-state index in [1.54, 1.807) is 12.1 Å². The van der Waals surface area contributed by atoms with Crippen molar-refractivity contribution in [2.24, 2.45) is 0 Å². The third-order valence-electron chi connectivity index (χ3n) is 4.11. The number of nitrogens with one attached hydrogen (secondary N) is 2. The van der Waals surface area contributed by atoms with E-state index in [-0.39, 0.29) is 17.4 Å². The highest BCUT2D eigenvalue weighted by molar-refractivity contribution is 7.18. The standard InChI is InChI=1S/C18H18F3N3O2S/c1-9-11(3)27-17-14(9)16(25)23-15(24-17)10(2)22-12-4-6-13(7-5-12)26-8-18(19,20)21/h4-7,10,22H,8H2,1-3H3,(H,23,24,25). The minimum Gasteiger partial charge on any atom is -0.484 e. The number of ether oxygens (including phenoxy) is 1. The largest absolute Gasteiger partial charge is 0.484 e. The van der Waals surface area contributed by atoms with E-state index in [1.165, 1.54) is 23.5 Å². The Balaban J connectivity index is 1.74. The topological polar surface area (TPSA) is 67.0 Å². The molecular formula is C18H18F3N3O2S. The zero-order valence-corrected chi connectivity index (χ0v) is 15.7. The molecule has 2 N–H and O–H groups in total. The quantitative estimate of drug-likeness (QED) is 0.654. The SMILES string of the molecule is Cc1sc2nc(C(C)Nc3ccc(OCC(F)(F)F)cc3)[nH]c(=O)c2c1C. The summed E-state index contributed by atoms with van der Waals surface area (Å²) in [5, 5.41) is 3.78. The van der Waals surface area contributed by atoms with Gasteiger partial charge in [0, 0.05) is 10.6 Å². The van der Waals surface area contributed by atoms with Gasteiger partial charge in [0.2, 0.25) is 0 Å². The summed E-state index contributed by atoms with van der Waals surface area (Å²) < 4.78 is 41.2. The highest BCUT2D eigenvalue weighted by Crippen LogP contribution is 2.27. The zero-order valence-electron chi connectivity index (χ0n) is 14.9. The summed E-state index contributed by atoms with van der Waals surface area (Å²) in [6.07, 6.45) is -4.37. The van der Waals surface area contributed by atoms with Gasteiger partial charge in [-0.2, -0.15) is 13.2 Å². The van der Waals surface area contributed by atoms with Crippen molar-refractivity contribution < 1.29 is 17.9 Å². The number of aryl methyl sites for hydroxylation is 2. The molecule has 2 aromatic heterocycles. The molecule has 0 aliphatic rings. The Bertz CT molecular complexity index is 1010. The number of nitrogens with zero attached hydrogens (tertiary/aromatic N) is 1. The number of anilines is 1. The van der Waals surface area contributed by atoms with E-state index >= 15 is 0 Å². The first-order chi connectivity index (χ1) is 12.6. The molecule has 0 bridgehead atoms. The lowest BCUT2D eigenvalue weighted by atomic mass is 10.2. The van der Waals surface area contributed by atoms with E-state index in [0.717, 1.165) is 10.4 Å². The van der Waals surface area contributed by atoms with Gasteiger partial charge in [-0.15, -0.1) is 11.3 Å². The Hall–Kier alpha value is -2.55. The van der Waals surface area contributed by atoms with E-state index in [2.05, 4.69) is 20.0 Å². The number of hydrogen-bond acceptors (Lipinski definition) is 5. The van der Waals surface area contributed by atoms with Crippen LogP contribution in [0, 0.1) is 13.8 Å². The number of aromatic amines is 1. The van der Waals surface area contributed by atoms with Gasteiger partial charge in [0.1, 0.15) is 16.4 Å². The van der Waals surface area contributed by atoms with Gasteiger partial charge in [0.25, 0.3) is 5.56 Å². The number of H-pyrrole nitrogens is 1. The number of thiophene rings is 1. The van der Waals surface area contributed by atoms with Crippen LogP contribution in [0.2, 0.25) is 0 Å². The molecule has 2 heterocycles. The van der Waals surface area contributed by atoms with E-state index < -0.39 is 12.8 Å². The van der Waals surface area contributed by atoms with Gasteiger partial charge in [0.15, 0.2) is 6.61 Å². The van der Waals surface area contributed by atoms with Crippen LogP contribution in [0.25, 0.3) is 10.2 Å². The first-order valence-electron chi connectivity index (χ1n) is 8.20. The molecule has 0 amide bonds. The van der Waals surface area contributed by atoms with Crippen LogP contribution in [0.4, 0.5) is 18.9 Å². The smallest absolute Gasteiger partial charge is 0.422 e. The third-order valence-corrected chi connectivity index (χ3v) is 5.21. The fourth-order valence-electron chi connectivity index (χ4n) is 2.61. The van der Waals surface area contributed by atoms with E-state index in [4.69, 9.17) is 0 Å². The summed E-state index contributed by atoms with van der Waals surface area (Å²) in [6.45, 7) is 4.35. The molecule has 1 atom stereocenters. The van der Waals surface area contributed by atoms with Crippen LogP contribution in [-0.4, -0.2) is 22.8 Å². The number of alkyl halides is 3. The normalized spacial score (nSPS) is 13.0. The molecule has 1 aromatic carbocycles.